The highest BCUT2D eigenvalue weighted by Crippen LogP contribution is 2.28. The van der Waals surface area contributed by atoms with Gasteiger partial charge in [0.05, 0.1) is 29.2 Å². The molecule has 0 saturated heterocycles. The van der Waals surface area contributed by atoms with Crippen molar-refractivity contribution in [2.75, 3.05) is 29.7 Å². The molecule has 0 fully saturated rings. The molecule has 1 aromatic rings. The Kier molecular flexibility index (Phi) is 6.70. The van der Waals surface area contributed by atoms with Gasteiger partial charge in [0, 0.05) is 12.6 Å². The summed E-state index contributed by atoms with van der Waals surface area (Å²) in [4.78, 5) is 21.7. The van der Waals surface area contributed by atoms with Gasteiger partial charge >= 0.3 is 6.09 Å². The Hall–Kier alpha value is -2.06. The van der Waals surface area contributed by atoms with Crippen molar-refractivity contribution in [3.63, 3.8) is 0 Å². The second-order valence-electron chi connectivity index (χ2n) is 4.02. The first-order valence-electron chi connectivity index (χ1n) is 6.18. The van der Waals surface area contributed by atoms with E-state index in [4.69, 9.17) is 11.6 Å². The van der Waals surface area contributed by atoms with Crippen LogP contribution in [0.1, 0.15) is 6.92 Å². The molecule has 1 atom stereocenters. The van der Waals surface area contributed by atoms with Crippen molar-refractivity contribution in [1.29, 1.82) is 0 Å². The standard InChI is InChI=1S/C12H16ClN3O5/c1-2-21-12(18)15-8-3-4-10(11(5-8)16(19)20)14-7-9(17)6-13/h3-5,9,14,17H,2,6-7H2,1H3,(H,15,18). The van der Waals surface area contributed by atoms with E-state index in [1.807, 2.05) is 0 Å². The molecule has 0 radical (unpaired) electrons. The van der Waals surface area contributed by atoms with Crippen LogP contribution in [0.25, 0.3) is 0 Å². The highest BCUT2D eigenvalue weighted by atomic mass is 35.5. The van der Waals surface area contributed by atoms with E-state index in [1.165, 1.54) is 18.2 Å². The molecule has 1 amide bonds. The van der Waals surface area contributed by atoms with Crippen LogP contribution in [0.4, 0.5) is 21.9 Å². The van der Waals surface area contributed by atoms with Gasteiger partial charge in [0.25, 0.3) is 5.69 Å². The minimum Gasteiger partial charge on any atom is -0.450 e. The van der Waals surface area contributed by atoms with Gasteiger partial charge in [-0.15, -0.1) is 11.6 Å². The fraction of sp³-hybridized carbons (Fsp3) is 0.417. The topological polar surface area (TPSA) is 114 Å². The first kappa shape index (κ1) is 17.0. The third kappa shape index (κ3) is 5.44. The van der Waals surface area contributed by atoms with Gasteiger partial charge in [-0.3, -0.25) is 15.4 Å². The number of hydrogen-bond acceptors (Lipinski definition) is 6. The van der Waals surface area contributed by atoms with Crippen LogP contribution >= 0.6 is 11.6 Å². The minimum atomic E-state index is -0.816. The molecular weight excluding hydrogens is 302 g/mol. The van der Waals surface area contributed by atoms with Crippen LogP contribution in [0.3, 0.4) is 0 Å². The highest BCUT2D eigenvalue weighted by Gasteiger charge is 2.16. The van der Waals surface area contributed by atoms with E-state index in [2.05, 4.69) is 15.4 Å². The third-order valence-corrected chi connectivity index (χ3v) is 2.78. The molecule has 0 spiro atoms. The first-order chi connectivity index (χ1) is 9.97. The SMILES string of the molecule is CCOC(=O)Nc1ccc(NCC(O)CCl)c([N+](=O)[O-])c1. The zero-order chi connectivity index (χ0) is 15.8. The number of nitrogens with zero attached hydrogens (tertiary/aromatic N) is 1. The molecule has 0 bridgehead atoms. The number of anilines is 2. The molecular formula is C12H16ClN3O5. The lowest BCUT2D eigenvalue weighted by atomic mass is 10.2. The molecule has 9 heteroatoms. The molecule has 116 valence electrons. The van der Waals surface area contributed by atoms with E-state index in [-0.39, 0.29) is 36.1 Å². The van der Waals surface area contributed by atoms with Gasteiger partial charge in [0.2, 0.25) is 0 Å². The van der Waals surface area contributed by atoms with Crippen LogP contribution in [0, 0.1) is 10.1 Å². The zero-order valence-electron chi connectivity index (χ0n) is 11.3. The Labute approximate surface area is 126 Å². The molecule has 1 aromatic carbocycles. The maximum absolute atomic E-state index is 11.3. The van der Waals surface area contributed by atoms with Gasteiger partial charge in [0.1, 0.15) is 5.69 Å². The van der Waals surface area contributed by atoms with Crippen molar-refractivity contribution in [2.24, 2.45) is 0 Å². The van der Waals surface area contributed by atoms with Gasteiger partial charge in [-0.2, -0.15) is 0 Å². The lowest BCUT2D eigenvalue weighted by molar-refractivity contribution is -0.383. The number of amides is 1. The largest absolute Gasteiger partial charge is 0.450 e. The molecule has 21 heavy (non-hydrogen) atoms. The summed E-state index contributed by atoms with van der Waals surface area (Å²) in [6, 6.07) is 4.12. The number of aliphatic hydroxyl groups excluding tert-OH is 1. The Balaban J connectivity index is 2.86. The van der Waals surface area contributed by atoms with Crippen molar-refractivity contribution in [3.8, 4) is 0 Å². The number of halogens is 1. The summed E-state index contributed by atoms with van der Waals surface area (Å²) < 4.78 is 4.69. The maximum atomic E-state index is 11.3. The number of benzene rings is 1. The van der Waals surface area contributed by atoms with Gasteiger partial charge in [-0.05, 0) is 19.1 Å². The summed E-state index contributed by atoms with van der Waals surface area (Å²) in [5.41, 5.74) is 0.230. The number of nitro groups is 1. The summed E-state index contributed by atoms with van der Waals surface area (Å²) >= 11 is 5.45. The van der Waals surface area contributed by atoms with E-state index in [1.54, 1.807) is 6.92 Å². The monoisotopic (exact) mass is 317 g/mol. The summed E-state index contributed by atoms with van der Waals surface area (Å²) in [6.45, 7) is 1.93. The van der Waals surface area contributed by atoms with Gasteiger partial charge in [-0.25, -0.2) is 4.79 Å². The van der Waals surface area contributed by atoms with Crippen LogP contribution in [-0.2, 0) is 4.74 Å². The Morgan fingerprint density at radius 1 is 1.57 bits per heavy atom. The molecule has 0 aromatic heterocycles. The predicted octanol–water partition coefficient (Wildman–Crippen LogP) is 2.17. The Bertz CT molecular complexity index is 512. The molecule has 0 saturated carbocycles. The number of rotatable bonds is 7. The summed E-state index contributed by atoms with van der Waals surface area (Å²) in [7, 11) is 0. The van der Waals surface area contributed by atoms with Crippen LogP contribution in [-0.4, -0.2) is 41.3 Å². The number of carbonyl (C=O) groups is 1. The van der Waals surface area contributed by atoms with E-state index in [0.29, 0.717) is 0 Å². The molecule has 0 aliphatic carbocycles. The van der Waals surface area contributed by atoms with Gasteiger partial charge in [0.15, 0.2) is 0 Å². The Morgan fingerprint density at radius 3 is 2.86 bits per heavy atom. The van der Waals surface area contributed by atoms with Gasteiger partial charge < -0.3 is 15.2 Å². The molecule has 1 unspecified atom stereocenters. The van der Waals surface area contributed by atoms with Crippen LogP contribution < -0.4 is 10.6 Å². The molecule has 0 aliphatic heterocycles. The lowest BCUT2D eigenvalue weighted by Gasteiger charge is -2.11. The summed E-state index contributed by atoms with van der Waals surface area (Å²) in [5, 5.41) is 25.5. The summed E-state index contributed by atoms with van der Waals surface area (Å²) in [5.74, 6) is 0.0172. The number of nitro benzene ring substituents is 1. The van der Waals surface area contributed by atoms with Crippen molar-refractivity contribution < 1.29 is 19.6 Å². The predicted molar refractivity (Wildman–Crippen MR) is 79.0 cm³/mol. The second-order valence-corrected chi connectivity index (χ2v) is 4.33. The second kappa shape index (κ2) is 8.28. The van der Waals surface area contributed by atoms with Crippen molar-refractivity contribution in [3.05, 3.63) is 28.3 Å². The minimum absolute atomic E-state index is 0.0172. The van der Waals surface area contributed by atoms with E-state index >= 15 is 0 Å². The molecule has 1 rings (SSSR count). The van der Waals surface area contributed by atoms with E-state index in [9.17, 15) is 20.0 Å². The van der Waals surface area contributed by atoms with Crippen molar-refractivity contribution in [1.82, 2.24) is 0 Å². The molecule has 0 heterocycles. The van der Waals surface area contributed by atoms with E-state index < -0.39 is 17.1 Å². The fourth-order valence-electron chi connectivity index (χ4n) is 1.48. The number of nitrogens with one attached hydrogen (secondary N) is 2. The van der Waals surface area contributed by atoms with Crippen LogP contribution in [0.5, 0.6) is 0 Å². The zero-order valence-corrected chi connectivity index (χ0v) is 12.1. The normalized spacial score (nSPS) is 11.6. The smallest absolute Gasteiger partial charge is 0.411 e. The van der Waals surface area contributed by atoms with Crippen LogP contribution in [0.15, 0.2) is 18.2 Å². The average Bonchev–Trinajstić information content (AvgIpc) is 2.45. The molecule has 3 N–H and O–H groups in total. The highest BCUT2D eigenvalue weighted by molar-refractivity contribution is 6.18. The number of carbonyl (C=O) groups excluding carboxylic acids is 1. The van der Waals surface area contributed by atoms with Crippen molar-refractivity contribution >= 4 is 34.8 Å². The Morgan fingerprint density at radius 2 is 2.29 bits per heavy atom. The number of ether oxygens (including phenoxy) is 1. The third-order valence-electron chi connectivity index (χ3n) is 2.42. The quantitative estimate of drug-likeness (QED) is 0.403. The molecule has 8 nitrogen and oxygen atoms in total. The van der Waals surface area contributed by atoms with E-state index in [0.717, 1.165) is 0 Å². The molecule has 0 aliphatic rings. The number of aliphatic hydroxyl groups is 1. The lowest BCUT2D eigenvalue weighted by Crippen LogP contribution is -2.21. The van der Waals surface area contributed by atoms with Crippen LogP contribution in [0.2, 0.25) is 0 Å². The van der Waals surface area contributed by atoms with Crippen molar-refractivity contribution in [2.45, 2.75) is 13.0 Å². The fourth-order valence-corrected chi connectivity index (χ4v) is 1.59. The number of hydrogen-bond donors (Lipinski definition) is 3. The average molecular weight is 318 g/mol. The van der Waals surface area contributed by atoms with Gasteiger partial charge in [-0.1, -0.05) is 0 Å². The summed E-state index contributed by atoms with van der Waals surface area (Å²) in [6.07, 6.45) is -1.51. The number of alkyl halides is 1. The maximum Gasteiger partial charge on any atom is 0.411 e. The first-order valence-corrected chi connectivity index (χ1v) is 6.71.